The SMILES string of the molecule is CNCCNc1nccnc1Oc1ccc(C(=O)c2nc3ccccc3[nH]2)cc1. The highest BCUT2D eigenvalue weighted by molar-refractivity contribution is 6.08. The fourth-order valence-electron chi connectivity index (χ4n) is 2.81. The lowest BCUT2D eigenvalue weighted by atomic mass is 10.1. The Hall–Kier alpha value is -3.78. The van der Waals surface area contributed by atoms with Crippen molar-refractivity contribution >= 4 is 22.6 Å². The van der Waals surface area contributed by atoms with Gasteiger partial charge in [0.2, 0.25) is 5.78 Å². The first-order valence-electron chi connectivity index (χ1n) is 9.21. The number of aromatic nitrogens is 4. The first-order chi connectivity index (χ1) is 14.2. The van der Waals surface area contributed by atoms with Crippen molar-refractivity contribution in [2.24, 2.45) is 0 Å². The van der Waals surface area contributed by atoms with Crippen LogP contribution in [0.2, 0.25) is 0 Å². The second kappa shape index (κ2) is 8.49. The minimum Gasteiger partial charge on any atom is -0.436 e. The molecule has 0 saturated carbocycles. The van der Waals surface area contributed by atoms with E-state index in [0.717, 1.165) is 17.6 Å². The summed E-state index contributed by atoms with van der Waals surface area (Å²) < 4.78 is 5.84. The zero-order valence-electron chi connectivity index (χ0n) is 15.8. The number of benzene rings is 2. The van der Waals surface area contributed by atoms with Gasteiger partial charge in [0, 0.05) is 31.0 Å². The van der Waals surface area contributed by atoms with Crippen molar-refractivity contribution < 1.29 is 9.53 Å². The number of aromatic amines is 1. The number of hydrogen-bond donors (Lipinski definition) is 3. The van der Waals surface area contributed by atoms with Crippen LogP contribution in [0.5, 0.6) is 11.6 Å². The molecule has 0 aliphatic carbocycles. The number of carbonyl (C=O) groups excluding carboxylic acids is 1. The number of para-hydroxylation sites is 2. The van der Waals surface area contributed by atoms with Crippen molar-refractivity contribution in [1.82, 2.24) is 25.3 Å². The molecule has 4 aromatic rings. The standard InChI is InChI=1S/C21H20N6O2/c1-22-10-11-23-20-21(25-13-12-24-20)29-15-8-6-14(7-9-15)18(28)19-26-16-4-2-3-5-17(16)27-19/h2-9,12-13,22H,10-11H2,1H3,(H,23,24)(H,26,27). The highest BCUT2D eigenvalue weighted by Gasteiger charge is 2.14. The van der Waals surface area contributed by atoms with Crippen LogP contribution in [0.4, 0.5) is 5.82 Å². The Bertz CT molecular complexity index is 1090. The predicted octanol–water partition coefficient (Wildman–Crippen LogP) is 3.01. The second-order valence-corrected chi connectivity index (χ2v) is 6.30. The van der Waals surface area contributed by atoms with Gasteiger partial charge in [0.15, 0.2) is 11.6 Å². The van der Waals surface area contributed by atoms with Gasteiger partial charge in [-0.05, 0) is 43.4 Å². The molecule has 0 spiro atoms. The highest BCUT2D eigenvalue weighted by Crippen LogP contribution is 2.25. The number of nitrogens with zero attached hydrogens (tertiary/aromatic N) is 3. The van der Waals surface area contributed by atoms with Gasteiger partial charge in [-0.3, -0.25) is 4.79 Å². The average Bonchev–Trinajstić information content (AvgIpc) is 3.19. The average molecular weight is 388 g/mol. The summed E-state index contributed by atoms with van der Waals surface area (Å²) in [6, 6.07) is 14.4. The van der Waals surface area contributed by atoms with Crippen molar-refractivity contribution in [3.63, 3.8) is 0 Å². The lowest BCUT2D eigenvalue weighted by molar-refractivity contribution is 0.103. The van der Waals surface area contributed by atoms with E-state index in [0.29, 0.717) is 35.4 Å². The quantitative estimate of drug-likeness (QED) is 0.315. The molecule has 2 aromatic carbocycles. The predicted molar refractivity (Wildman–Crippen MR) is 110 cm³/mol. The van der Waals surface area contributed by atoms with Crippen molar-refractivity contribution in [3.8, 4) is 11.6 Å². The van der Waals surface area contributed by atoms with Crippen LogP contribution in [-0.2, 0) is 0 Å². The van der Waals surface area contributed by atoms with Crippen LogP contribution in [0.25, 0.3) is 11.0 Å². The summed E-state index contributed by atoms with van der Waals surface area (Å²) in [5.41, 5.74) is 2.11. The summed E-state index contributed by atoms with van der Waals surface area (Å²) in [4.78, 5) is 28.6. The molecule has 8 nitrogen and oxygen atoms in total. The Kier molecular flexibility index (Phi) is 5.44. The Labute approximate surface area is 167 Å². The molecule has 2 heterocycles. The van der Waals surface area contributed by atoms with E-state index in [1.54, 1.807) is 36.7 Å². The van der Waals surface area contributed by atoms with Gasteiger partial charge in [-0.1, -0.05) is 12.1 Å². The van der Waals surface area contributed by atoms with Crippen molar-refractivity contribution in [3.05, 3.63) is 72.3 Å². The van der Waals surface area contributed by atoms with Gasteiger partial charge < -0.3 is 20.4 Å². The Morgan fingerprint density at radius 2 is 1.83 bits per heavy atom. The molecule has 2 aromatic heterocycles. The maximum atomic E-state index is 12.7. The Balaban J connectivity index is 1.49. The monoisotopic (exact) mass is 388 g/mol. The molecule has 4 rings (SSSR count). The molecule has 0 amide bonds. The largest absolute Gasteiger partial charge is 0.436 e. The number of hydrogen-bond acceptors (Lipinski definition) is 7. The number of imidazole rings is 1. The molecule has 8 heteroatoms. The van der Waals surface area contributed by atoms with Gasteiger partial charge >= 0.3 is 0 Å². The van der Waals surface area contributed by atoms with E-state index < -0.39 is 0 Å². The van der Waals surface area contributed by atoms with Gasteiger partial charge in [-0.2, -0.15) is 0 Å². The summed E-state index contributed by atoms with van der Waals surface area (Å²) in [6.07, 6.45) is 3.17. The fraction of sp³-hybridized carbons (Fsp3) is 0.143. The third-order valence-corrected chi connectivity index (χ3v) is 4.27. The molecule has 0 aliphatic rings. The molecule has 0 saturated heterocycles. The van der Waals surface area contributed by atoms with E-state index in [9.17, 15) is 4.79 Å². The molecule has 146 valence electrons. The minimum atomic E-state index is -0.179. The van der Waals surface area contributed by atoms with Crippen molar-refractivity contribution in [2.75, 3.05) is 25.5 Å². The van der Waals surface area contributed by atoms with Gasteiger partial charge in [0.05, 0.1) is 11.0 Å². The molecule has 0 unspecified atom stereocenters. The first-order valence-corrected chi connectivity index (χ1v) is 9.21. The molecule has 0 aliphatic heterocycles. The molecular formula is C21H20N6O2. The van der Waals surface area contributed by atoms with Crippen LogP contribution in [0.15, 0.2) is 60.9 Å². The fourth-order valence-corrected chi connectivity index (χ4v) is 2.81. The highest BCUT2D eigenvalue weighted by atomic mass is 16.5. The third-order valence-electron chi connectivity index (χ3n) is 4.27. The maximum Gasteiger partial charge on any atom is 0.262 e. The summed E-state index contributed by atoms with van der Waals surface area (Å²) in [5.74, 6) is 1.62. The van der Waals surface area contributed by atoms with Crippen LogP contribution in [0.1, 0.15) is 16.2 Å². The van der Waals surface area contributed by atoms with Gasteiger partial charge in [0.1, 0.15) is 5.75 Å². The maximum absolute atomic E-state index is 12.7. The van der Waals surface area contributed by atoms with Gasteiger partial charge in [-0.25, -0.2) is 15.0 Å². The smallest absolute Gasteiger partial charge is 0.262 e. The number of rotatable bonds is 8. The van der Waals surface area contributed by atoms with Crippen molar-refractivity contribution in [1.29, 1.82) is 0 Å². The first kappa shape index (κ1) is 18.6. The number of nitrogens with one attached hydrogen (secondary N) is 3. The number of ketones is 1. The minimum absolute atomic E-state index is 0.179. The molecule has 0 bridgehead atoms. The van der Waals surface area contributed by atoms with E-state index in [-0.39, 0.29) is 5.78 Å². The van der Waals surface area contributed by atoms with Crippen LogP contribution < -0.4 is 15.4 Å². The van der Waals surface area contributed by atoms with Gasteiger partial charge in [0.25, 0.3) is 5.88 Å². The van der Waals surface area contributed by atoms with E-state index >= 15 is 0 Å². The molecular weight excluding hydrogens is 368 g/mol. The number of anilines is 1. The van der Waals surface area contributed by atoms with E-state index in [4.69, 9.17) is 4.74 Å². The number of H-pyrrole nitrogens is 1. The molecule has 0 radical (unpaired) electrons. The number of likely N-dealkylation sites (N-methyl/N-ethyl adjacent to an activating group) is 1. The van der Waals surface area contributed by atoms with Gasteiger partial charge in [-0.15, -0.1) is 0 Å². The Morgan fingerprint density at radius 1 is 1.03 bits per heavy atom. The summed E-state index contributed by atoms with van der Waals surface area (Å²) >= 11 is 0. The lowest BCUT2D eigenvalue weighted by Crippen LogP contribution is -2.18. The normalized spacial score (nSPS) is 10.8. The topological polar surface area (TPSA) is 105 Å². The van der Waals surface area contributed by atoms with Crippen molar-refractivity contribution in [2.45, 2.75) is 0 Å². The molecule has 29 heavy (non-hydrogen) atoms. The second-order valence-electron chi connectivity index (χ2n) is 6.30. The zero-order chi connectivity index (χ0) is 20.1. The van der Waals surface area contributed by atoms with Crippen LogP contribution in [0.3, 0.4) is 0 Å². The lowest BCUT2D eigenvalue weighted by Gasteiger charge is -2.10. The molecule has 0 fully saturated rings. The van der Waals surface area contributed by atoms with E-state index in [1.807, 2.05) is 31.3 Å². The van der Waals surface area contributed by atoms with Crippen LogP contribution in [-0.4, -0.2) is 45.9 Å². The summed E-state index contributed by atoms with van der Waals surface area (Å²) in [7, 11) is 1.88. The third kappa shape index (κ3) is 4.22. The summed E-state index contributed by atoms with van der Waals surface area (Å²) in [5, 5.41) is 6.23. The van der Waals surface area contributed by atoms with E-state index in [1.165, 1.54) is 0 Å². The van der Waals surface area contributed by atoms with Crippen LogP contribution in [0, 0.1) is 0 Å². The van der Waals surface area contributed by atoms with Crippen LogP contribution >= 0.6 is 0 Å². The number of ether oxygens (including phenoxy) is 1. The number of fused-ring (bicyclic) bond motifs is 1. The summed E-state index contributed by atoms with van der Waals surface area (Å²) in [6.45, 7) is 1.48. The Morgan fingerprint density at radius 3 is 2.62 bits per heavy atom. The molecule has 0 atom stereocenters. The molecule has 3 N–H and O–H groups in total. The number of carbonyl (C=O) groups is 1. The zero-order valence-corrected chi connectivity index (χ0v) is 15.8. The van der Waals surface area contributed by atoms with E-state index in [2.05, 4.69) is 30.6 Å².